The van der Waals surface area contributed by atoms with Gasteiger partial charge in [0.25, 0.3) is 0 Å². The fraction of sp³-hybridized carbons (Fsp3) is 0.333. The first kappa shape index (κ1) is 16.1. The number of ether oxygens (including phenoxy) is 1. The van der Waals surface area contributed by atoms with E-state index in [9.17, 15) is 0 Å². The van der Waals surface area contributed by atoms with Gasteiger partial charge in [-0.2, -0.15) is 0 Å². The van der Waals surface area contributed by atoms with Crippen LogP contribution >= 0.6 is 15.9 Å². The Hall–Kier alpha value is -1.32. The van der Waals surface area contributed by atoms with Crippen LogP contribution in [-0.4, -0.2) is 13.7 Å². The Morgan fingerprint density at radius 3 is 2.48 bits per heavy atom. The average molecular weight is 348 g/mol. The number of hydrogen-bond donors (Lipinski definition) is 1. The highest BCUT2D eigenvalue weighted by Crippen LogP contribution is 2.26. The van der Waals surface area contributed by atoms with Crippen molar-refractivity contribution in [2.75, 3.05) is 13.7 Å². The lowest BCUT2D eigenvalue weighted by atomic mass is 9.91. The summed E-state index contributed by atoms with van der Waals surface area (Å²) in [5, 5.41) is 0. The van der Waals surface area contributed by atoms with E-state index in [1.807, 2.05) is 12.1 Å². The van der Waals surface area contributed by atoms with Crippen molar-refractivity contribution in [3.05, 3.63) is 63.6 Å². The van der Waals surface area contributed by atoms with Crippen molar-refractivity contribution in [1.29, 1.82) is 0 Å². The third kappa shape index (κ3) is 4.32. The quantitative estimate of drug-likeness (QED) is 0.852. The number of hydrogen-bond acceptors (Lipinski definition) is 2. The van der Waals surface area contributed by atoms with Crippen LogP contribution in [-0.2, 0) is 12.8 Å². The Labute approximate surface area is 135 Å². The molecule has 0 bridgehead atoms. The van der Waals surface area contributed by atoms with Gasteiger partial charge in [0.1, 0.15) is 5.75 Å². The molecule has 1 unspecified atom stereocenters. The summed E-state index contributed by atoms with van der Waals surface area (Å²) in [6.45, 7) is 2.77. The van der Waals surface area contributed by atoms with Crippen molar-refractivity contribution in [2.24, 2.45) is 11.7 Å². The number of nitrogens with two attached hydrogens (primary N) is 1. The van der Waals surface area contributed by atoms with Crippen molar-refractivity contribution in [3.8, 4) is 5.75 Å². The Morgan fingerprint density at radius 1 is 1.10 bits per heavy atom. The second kappa shape index (κ2) is 7.62. The van der Waals surface area contributed by atoms with Crippen molar-refractivity contribution in [1.82, 2.24) is 0 Å². The second-order valence-electron chi connectivity index (χ2n) is 5.42. The molecule has 0 aliphatic rings. The summed E-state index contributed by atoms with van der Waals surface area (Å²) >= 11 is 3.61. The molecule has 3 heteroatoms. The highest BCUT2D eigenvalue weighted by molar-refractivity contribution is 9.10. The number of halogens is 1. The number of benzene rings is 2. The molecule has 112 valence electrons. The van der Waals surface area contributed by atoms with Crippen LogP contribution in [0.1, 0.15) is 16.7 Å². The molecule has 2 rings (SSSR count). The summed E-state index contributed by atoms with van der Waals surface area (Å²) in [6.07, 6.45) is 1.90. The summed E-state index contributed by atoms with van der Waals surface area (Å²) in [5.74, 6) is 1.35. The molecule has 2 N–H and O–H groups in total. The molecule has 2 aromatic rings. The lowest BCUT2D eigenvalue weighted by Gasteiger charge is -2.18. The Morgan fingerprint density at radius 2 is 1.81 bits per heavy atom. The van der Waals surface area contributed by atoms with Gasteiger partial charge in [-0.25, -0.2) is 0 Å². The summed E-state index contributed by atoms with van der Waals surface area (Å²) in [6, 6.07) is 14.7. The van der Waals surface area contributed by atoms with Crippen molar-refractivity contribution in [2.45, 2.75) is 19.8 Å². The molecular weight excluding hydrogens is 326 g/mol. The van der Waals surface area contributed by atoms with Crippen LogP contribution in [0.5, 0.6) is 5.75 Å². The van der Waals surface area contributed by atoms with Gasteiger partial charge in [-0.3, -0.25) is 0 Å². The van der Waals surface area contributed by atoms with Gasteiger partial charge in [-0.15, -0.1) is 0 Å². The first-order chi connectivity index (χ1) is 10.1. The van der Waals surface area contributed by atoms with Crippen LogP contribution in [0.3, 0.4) is 0 Å². The maximum atomic E-state index is 5.99. The van der Waals surface area contributed by atoms with E-state index in [0.29, 0.717) is 12.5 Å². The Kier molecular flexibility index (Phi) is 5.83. The molecule has 2 nitrogen and oxygen atoms in total. The largest absolute Gasteiger partial charge is 0.496 e. The molecule has 0 aliphatic carbocycles. The predicted molar refractivity (Wildman–Crippen MR) is 91.8 cm³/mol. The van der Waals surface area contributed by atoms with Gasteiger partial charge in [0.2, 0.25) is 0 Å². The van der Waals surface area contributed by atoms with E-state index in [1.165, 1.54) is 16.7 Å². The third-order valence-electron chi connectivity index (χ3n) is 3.74. The monoisotopic (exact) mass is 347 g/mol. The molecule has 0 heterocycles. The zero-order valence-electron chi connectivity index (χ0n) is 12.6. The summed E-state index contributed by atoms with van der Waals surface area (Å²) in [5.41, 5.74) is 9.79. The lowest BCUT2D eigenvalue weighted by molar-refractivity contribution is 0.403. The standard InChI is InChI=1S/C18H22BrNO/c1-13-7-8-18(21-2)16(9-13)11-14(12-20)10-15-5-3-4-6-17(15)19/h3-9,14H,10-12,20H2,1-2H3. The Balaban J connectivity index is 2.16. The first-order valence-corrected chi connectivity index (χ1v) is 8.00. The minimum Gasteiger partial charge on any atom is -0.496 e. The fourth-order valence-corrected chi connectivity index (χ4v) is 3.04. The Bertz CT molecular complexity index is 598. The highest BCUT2D eigenvalue weighted by atomic mass is 79.9. The van der Waals surface area contributed by atoms with E-state index < -0.39 is 0 Å². The minimum absolute atomic E-state index is 0.402. The molecule has 0 amide bonds. The summed E-state index contributed by atoms with van der Waals surface area (Å²) in [4.78, 5) is 0. The third-order valence-corrected chi connectivity index (χ3v) is 4.52. The second-order valence-corrected chi connectivity index (χ2v) is 6.27. The van der Waals surface area contributed by atoms with Gasteiger partial charge in [-0.1, -0.05) is 51.8 Å². The molecule has 0 spiro atoms. The van der Waals surface area contributed by atoms with Crippen LogP contribution in [0.4, 0.5) is 0 Å². The van der Waals surface area contributed by atoms with Gasteiger partial charge in [0, 0.05) is 4.47 Å². The predicted octanol–water partition coefficient (Wildman–Crippen LogP) is 4.13. The molecule has 0 saturated heterocycles. The van der Waals surface area contributed by atoms with E-state index in [0.717, 1.165) is 23.1 Å². The molecule has 2 aromatic carbocycles. The molecule has 0 saturated carbocycles. The van der Waals surface area contributed by atoms with Gasteiger partial charge in [0.15, 0.2) is 0 Å². The van der Waals surface area contributed by atoms with E-state index >= 15 is 0 Å². The topological polar surface area (TPSA) is 35.2 Å². The van der Waals surface area contributed by atoms with Crippen LogP contribution in [0.25, 0.3) is 0 Å². The summed E-state index contributed by atoms with van der Waals surface area (Å²) < 4.78 is 6.62. The molecule has 0 aliphatic heterocycles. The van der Waals surface area contributed by atoms with Crippen LogP contribution in [0.2, 0.25) is 0 Å². The molecule has 1 atom stereocenters. The maximum Gasteiger partial charge on any atom is 0.122 e. The molecule has 0 fully saturated rings. The van der Waals surface area contributed by atoms with Crippen LogP contribution < -0.4 is 10.5 Å². The molecule has 0 radical (unpaired) electrons. The van der Waals surface area contributed by atoms with Gasteiger partial charge in [-0.05, 0) is 55.5 Å². The zero-order valence-corrected chi connectivity index (χ0v) is 14.2. The zero-order chi connectivity index (χ0) is 15.2. The number of aryl methyl sites for hydroxylation is 1. The fourth-order valence-electron chi connectivity index (χ4n) is 2.59. The smallest absolute Gasteiger partial charge is 0.122 e. The van der Waals surface area contributed by atoms with E-state index in [1.54, 1.807) is 7.11 Å². The molecule has 21 heavy (non-hydrogen) atoms. The SMILES string of the molecule is COc1ccc(C)cc1CC(CN)Cc1ccccc1Br. The average Bonchev–Trinajstić information content (AvgIpc) is 2.49. The van der Waals surface area contributed by atoms with Gasteiger partial charge < -0.3 is 10.5 Å². The van der Waals surface area contributed by atoms with E-state index in [-0.39, 0.29) is 0 Å². The van der Waals surface area contributed by atoms with Crippen LogP contribution in [0, 0.1) is 12.8 Å². The highest BCUT2D eigenvalue weighted by Gasteiger charge is 2.14. The lowest BCUT2D eigenvalue weighted by Crippen LogP contribution is -2.20. The van der Waals surface area contributed by atoms with Crippen LogP contribution in [0.15, 0.2) is 46.9 Å². The van der Waals surface area contributed by atoms with Crippen molar-refractivity contribution >= 4 is 15.9 Å². The number of rotatable bonds is 6. The first-order valence-electron chi connectivity index (χ1n) is 7.21. The maximum absolute atomic E-state index is 5.99. The summed E-state index contributed by atoms with van der Waals surface area (Å²) in [7, 11) is 1.72. The minimum atomic E-state index is 0.402. The normalized spacial score (nSPS) is 12.2. The van der Waals surface area contributed by atoms with E-state index in [2.05, 4.69) is 53.2 Å². The van der Waals surface area contributed by atoms with Crippen molar-refractivity contribution < 1.29 is 4.74 Å². The van der Waals surface area contributed by atoms with E-state index in [4.69, 9.17) is 10.5 Å². The molecule has 0 aromatic heterocycles. The van der Waals surface area contributed by atoms with Gasteiger partial charge in [0.05, 0.1) is 7.11 Å². The van der Waals surface area contributed by atoms with Gasteiger partial charge >= 0.3 is 0 Å². The van der Waals surface area contributed by atoms with Crippen molar-refractivity contribution in [3.63, 3.8) is 0 Å². The number of methoxy groups -OCH3 is 1. The molecular formula is C18H22BrNO.